The average molecular weight is 322 g/mol. The molecule has 2 aliphatic rings. The highest BCUT2D eigenvalue weighted by Gasteiger charge is 2.41. The Labute approximate surface area is 134 Å². The second-order valence-electron chi connectivity index (χ2n) is 6.30. The first-order valence-electron chi connectivity index (χ1n) is 8.01. The minimum Gasteiger partial charge on any atom is -0.336 e. The Hall–Kier alpha value is -1.98. The van der Waals surface area contributed by atoms with Crippen molar-refractivity contribution in [1.29, 1.82) is 0 Å². The molecule has 0 bridgehead atoms. The van der Waals surface area contributed by atoms with Crippen LogP contribution in [0.15, 0.2) is 18.2 Å². The lowest BCUT2D eigenvalue weighted by molar-refractivity contribution is -0.152. The number of benzene rings is 1. The Bertz CT molecular complexity index is 635. The van der Waals surface area contributed by atoms with Crippen LogP contribution in [0.4, 0.5) is 8.78 Å². The molecule has 1 aromatic carbocycles. The minimum atomic E-state index is -0.905. The highest BCUT2D eigenvalue weighted by atomic mass is 19.2. The van der Waals surface area contributed by atoms with E-state index in [0.717, 1.165) is 31.5 Å². The summed E-state index contributed by atoms with van der Waals surface area (Å²) in [5.41, 5.74) is 0.579. The summed E-state index contributed by atoms with van der Waals surface area (Å²) in [5, 5.41) is 0. The van der Waals surface area contributed by atoms with Crippen LogP contribution in [-0.2, 0) is 16.0 Å². The molecule has 0 saturated carbocycles. The van der Waals surface area contributed by atoms with Gasteiger partial charge in [-0.3, -0.25) is 9.59 Å². The molecule has 0 spiro atoms. The fraction of sp³-hybridized carbons (Fsp3) is 0.529. The van der Waals surface area contributed by atoms with Crippen molar-refractivity contribution < 1.29 is 18.4 Å². The van der Waals surface area contributed by atoms with Crippen LogP contribution in [0, 0.1) is 11.6 Å². The second kappa shape index (κ2) is 6.26. The van der Waals surface area contributed by atoms with Gasteiger partial charge in [0, 0.05) is 25.6 Å². The molecule has 124 valence electrons. The van der Waals surface area contributed by atoms with Crippen molar-refractivity contribution in [3.05, 3.63) is 35.4 Å². The van der Waals surface area contributed by atoms with Gasteiger partial charge in [0.05, 0.1) is 0 Å². The summed E-state index contributed by atoms with van der Waals surface area (Å²) < 4.78 is 26.1. The molecule has 0 aromatic heterocycles. The van der Waals surface area contributed by atoms with Crippen molar-refractivity contribution in [3.8, 4) is 0 Å². The third-order valence-corrected chi connectivity index (χ3v) is 4.82. The van der Waals surface area contributed by atoms with Gasteiger partial charge in [-0.15, -0.1) is 0 Å². The molecule has 0 aliphatic carbocycles. The van der Waals surface area contributed by atoms with Crippen molar-refractivity contribution in [2.24, 2.45) is 0 Å². The number of hydrogen-bond donors (Lipinski definition) is 0. The largest absolute Gasteiger partial charge is 0.336 e. The van der Waals surface area contributed by atoms with Crippen molar-refractivity contribution in [2.45, 2.75) is 44.7 Å². The summed E-state index contributed by atoms with van der Waals surface area (Å²) >= 11 is 0. The molecule has 2 saturated heterocycles. The first kappa shape index (κ1) is 15.9. The van der Waals surface area contributed by atoms with Gasteiger partial charge in [0.25, 0.3) is 0 Å². The molecule has 0 unspecified atom stereocenters. The Morgan fingerprint density at radius 3 is 2.83 bits per heavy atom. The van der Waals surface area contributed by atoms with E-state index < -0.39 is 17.7 Å². The molecular weight excluding hydrogens is 302 g/mol. The number of carbonyl (C=O) groups is 2. The summed E-state index contributed by atoms with van der Waals surface area (Å²) in [6.07, 6.45) is 2.45. The summed E-state index contributed by atoms with van der Waals surface area (Å²) in [5.74, 6) is -1.89. The van der Waals surface area contributed by atoms with Gasteiger partial charge < -0.3 is 9.80 Å². The van der Waals surface area contributed by atoms with E-state index >= 15 is 0 Å². The topological polar surface area (TPSA) is 40.6 Å². The summed E-state index contributed by atoms with van der Waals surface area (Å²) in [6, 6.07) is 3.35. The van der Waals surface area contributed by atoms with E-state index in [0.29, 0.717) is 18.5 Å². The number of rotatable bonds is 3. The van der Waals surface area contributed by atoms with Crippen LogP contribution in [0.5, 0.6) is 0 Å². The van der Waals surface area contributed by atoms with E-state index in [4.69, 9.17) is 0 Å². The molecule has 2 amide bonds. The van der Waals surface area contributed by atoms with E-state index in [9.17, 15) is 18.4 Å². The summed E-state index contributed by atoms with van der Waals surface area (Å²) in [6.45, 7) is 3.11. The quantitative estimate of drug-likeness (QED) is 0.855. The minimum absolute atomic E-state index is 0.0138. The lowest BCUT2D eigenvalue weighted by Crippen LogP contribution is -2.60. The number of nitrogens with zero attached hydrogens (tertiary/aromatic N) is 2. The van der Waals surface area contributed by atoms with E-state index in [2.05, 4.69) is 0 Å². The van der Waals surface area contributed by atoms with Gasteiger partial charge in [0.2, 0.25) is 11.8 Å². The van der Waals surface area contributed by atoms with Crippen LogP contribution < -0.4 is 0 Å². The van der Waals surface area contributed by atoms with Gasteiger partial charge in [-0.05, 0) is 43.9 Å². The molecule has 2 heterocycles. The van der Waals surface area contributed by atoms with Gasteiger partial charge in [0.1, 0.15) is 6.04 Å². The van der Waals surface area contributed by atoms with E-state index in [1.165, 1.54) is 6.07 Å². The summed E-state index contributed by atoms with van der Waals surface area (Å²) in [7, 11) is 0. The number of carbonyl (C=O) groups excluding carboxylic acids is 2. The van der Waals surface area contributed by atoms with Crippen molar-refractivity contribution in [1.82, 2.24) is 9.80 Å². The molecule has 23 heavy (non-hydrogen) atoms. The molecule has 2 fully saturated rings. The molecule has 1 aromatic rings. The number of fused-ring (bicyclic) bond motifs is 1. The van der Waals surface area contributed by atoms with E-state index in [1.54, 1.807) is 11.8 Å². The molecule has 6 heteroatoms. The van der Waals surface area contributed by atoms with Gasteiger partial charge in [0.15, 0.2) is 11.6 Å². The zero-order valence-electron chi connectivity index (χ0n) is 13.1. The molecule has 2 atom stereocenters. The van der Waals surface area contributed by atoms with Crippen LogP contribution in [0.25, 0.3) is 0 Å². The zero-order valence-corrected chi connectivity index (χ0v) is 13.1. The molecule has 4 nitrogen and oxygen atoms in total. The standard InChI is InChI=1S/C17H20F2N2O2/c1-11-17(23)20-8-2-3-13(20)10-21(11)16(22)7-5-12-4-6-14(18)15(19)9-12/h4,6,9,11,13H,2-3,5,7-8,10H2,1H3/t11-,13+/m0/s1. The zero-order chi connectivity index (χ0) is 16.6. The Kier molecular flexibility index (Phi) is 4.33. The van der Waals surface area contributed by atoms with Gasteiger partial charge in [-0.2, -0.15) is 0 Å². The van der Waals surface area contributed by atoms with Gasteiger partial charge in [-0.1, -0.05) is 6.07 Å². The molecule has 0 radical (unpaired) electrons. The highest BCUT2D eigenvalue weighted by Crippen LogP contribution is 2.26. The second-order valence-corrected chi connectivity index (χ2v) is 6.30. The normalized spacial score (nSPS) is 24.0. The van der Waals surface area contributed by atoms with Crippen LogP contribution in [0.2, 0.25) is 0 Å². The van der Waals surface area contributed by atoms with Crippen LogP contribution in [0.1, 0.15) is 31.7 Å². The number of hydrogen-bond acceptors (Lipinski definition) is 2. The smallest absolute Gasteiger partial charge is 0.245 e. The maximum atomic E-state index is 13.2. The molecule has 2 aliphatic heterocycles. The lowest BCUT2D eigenvalue weighted by Gasteiger charge is -2.41. The summed E-state index contributed by atoms with van der Waals surface area (Å²) in [4.78, 5) is 28.3. The van der Waals surface area contributed by atoms with Gasteiger partial charge in [-0.25, -0.2) is 8.78 Å². The number of piperazine rings is 1. The van der Waals surface area contributed by atoms with E-state index in [1.807, 2.05) is 4.90 Å². The van der Waals surface area contributed by atoms with Crippen molar-refractivity contribution in [3.63, 3.8) is 0 Å². The molecule has 3 rings (SSSR count). The van der Waals surface area contributed by atoms with Crippen LogP contribution >= 0.6 is 0 Å². The fourth-order valence-corrected chi connectivity index (χ4v) is 3.48. The third-order valence-electron chi connectivity index (χ3n) is 4.82. The maximum Gasteiger partial charge on any atom is 0.245 e. The van der Waals surface area contributed by atoms with Crippen molar-refractivity contribution >= 4 is 11.8 Å². The van der Waals surface area contributed by atoms with Crippen molar-refractivity contribution in [2.75, 3.05) is 13.1 Å². The molecule has 0 N–H and O–H groups in total. The third kappa shape index (κ3) is 3.07. The van der Waals surface area contributed by atoms with Crippen LogP contribution in [-0.4, -0.2) is 46.8 Å². The monoisotopic (exact) mass is 322 g/mol. The predicted molar refractivity (Wildman–Crippen MR) is 80.6 cm³/mol. The molecular formula is C17H20F2N2O2. The van der Waals surface area contributed by atoms with Crippen LogP contribution in [0.3, 0.4) is 0 Å². The fourth-order valence-electron chi connectivity index (χ4n) is 3.48. The van der Waals surface area contributed by atoms with Gasteiger partial charge >= 0.3 is 0 Å². The first-order valence-corrected chi connectivity index (χ1v) is 8.01. The highest BCUT2D eigenvalue weighted by molar-refractivity contribution is 5.89. The Morgan fingerprint density at radius 1 is 1.30 bits per heavy atom. The predicted octanol–water partition coefficient (Wildman–Crippen LogP) is 2.12. The van der Waals surface area contributed by atoms with E-state index in [-0.39, 0.29) is 24.3 Å². The Morgan fingerprint density at radius 2 is 2.09 bits per heavy atom. The first-order chi connectivity index (χ1) is 11.0. The number of amides is 2. The number of aryl methyl sites for hydroxylation is 1. The maximum absolute atomic E-state index is 13.2. The lowest BCUT2D eigenvalue weighted by atomic mass is 10.0. The SMILES string of the molecule is C[C@H]1C(=O)N2CCC[C@@H]2CN1C(=O)CCc1ccc(F)c(F)c1. The number of halogens is 2. The average Bonchev–Trinajstić information content (AvgIpc) is 3.00. The Balaban J connectivity index is 1.63.